The average molecular weight is 383 g/mol. The predicted molar refractivity (Wildman–Crippen MR) is 115 cm³/mol. The van der Waals surface area contributed by atoms with Gasteiger partial charge in [-0.1, -0.05) is 70.3 Å². The summed E-state index contributed by atoms with van der Waals surface area (Å²) in [7, 11) is 0. The van der Waals surface area contributed by atoms with Crippen molar-refractivity contribution < 1.29 is 9.47 Å². The van der Waals surface area contributed by atoms with Gasteiger partial charge in [0.15, 0.2) is 0 Å². The number of unbranched alkanes of at least 4 members (excludes halogenated alkanes) is 11. The summed E-state index contributed by atoms with van der Waals surface area (Å²) in [6.07, 6.45) is 18.2. The predicted octanol–water partition coefficient (Wildman–Crippen LogP) is 7.41. The van der Waals surface area contributed by atoms with Crippen molar-refractivity contribution in [3.63, 3.8) is 0 Å². The van der Waals surface area contributed by atoms with Crippen LogP contribution in [0.3, 0.4) is 0 Å². The van der Waals surface area contributed by atoms with Gasteiger partial charge in [-0.15, -0.1) is 11.3 Å². The van der Waals surface area contributed by atoms with Gasteiger partial charge in [0.25, 0.3) is 0 Å². The van der Waals surface area contributed by atoms with Gasteiger partial charge in [-0.2, -0.15) is 0 Å². The normalized spacial score (nSPS) is 11.5. The molecule has 0 aromatic carbocycles. The van der Waals surface area contributed by atoms with E-state index in [0.717, 1.165) is 19.8 Å². The lowest BCUT2D eigenvalue weighted by molar-refractivity contribution is 0.0186. The largest absolute Gasteiger partial charge is 0.379 e. The molecule has 0 aliphatic rings. The summed E-state index contributed by atoms with van der Waals surface area (Å²) in [5.41, 5.74) is 0. The molecule has 26 heavy (non-hydrogen) atoms. The zero-order valence-corrected chi connectivity index (χ0v) is 18.2. The molecule has 1 heterocycles. The summed E-state index contributed by atoms with van der Waals surface area (Å²) in [5, 5.41) is 2.19. The summed E-state index contributed by atoms with van der Waals surface area (Å²) < 4.78 is 11.0. The molecule has 0 saturated carbocycles. The van der Waals surface area contributed by atoms with Crippen LogP contribution in [0.5, 0.6) is 0 Å². The first-order chi connectivity index (χ1) is 12.8. The lowest BCUT2D eigenvalue weighted by Crippen LogP contribution is -2.10. The number of hydrogen-bond donors (Lipinski definition) is 0. The highest BCUT2D eigenvalue weighted by Gasteiger charge is 1.97. The highest BCUT2D eigenvalue weighted by molar-refractivity contribution is 7.09. The zero-order valence-electron chi connectivity index (χ0n) is 17.3. The standard InChI is InChI=1S/C23H42O2S/c1-22(2)25-20-19-24-18-14-12-10-8-6-4-3-5-7-9-11-13-16-23-17-15-21-26-23/h15,17,21-22H,3-14,16,18-20H2,1-2H3. The molecule has 1 aromatic heterocycles. The van der Waals surface area contributed by atoms with E-state index < -0.39 is 0 Å². The van der Waals surface area contributed by atoms with Crippen LogP contribution < -0.4 is 0 Å². The quantitative estimate of drug-likeness (QED) is 0.232. The van der Waals surface area contributed by atoms with Gasteiger partial charge < -0.3 is 9.47 Å². The average Bonchev–Trinajstić information content (AvgIpc) is 3.14. The Morgan fingerprint density at radius 2 is 1.31 bits per heavy atom. The Labute approximate surface area is 166 Å². The number of ether oxygens (including phenoxy) is 2. The number of rotatable bonds is 19. The topological polar surface area (TPSA) is 18.5 Å². The Kier molecular flexibility index (Phi) is 16.4. The molecular formula is C23H42O2S. The first-order valence-electron chi connectivity index (χ1n) is 11.0. The molecule has 2 nitrogen and oxygen atoms in total. The molecule has 152 valence electrons. The first kappa shape index (κ1) is 23.7. The molecule has 1 aromatic rings. The van der Waals surface area contributed by atoms with Gasteiger partial charge in [0.05, 0.1) is 19.3 Å². The minimum absolute atomic E-state index is 0.315. The van der Waals surface area contributed by atoms with Gasteiger partial charge in [-0.3, -0.25) is 0 Å². The molecule has 0 aliphatic carbocycles. The van der Waals surface area contributed by atoms with Crippen molar-refractivity contribution in [3.8, 4) is 0 Å². The van der Waals surface area contributed by atoms with Crippen molar-refractivity contribution >= 4 is 11.3 Å². The number of hydrogen-bond acceptors (Lipinski definition) is 3. The monoisotopic (exact) mass is 382 g/mol. The lowest BCUT2D eigenvalue weighted by Gasteiger charge is -2.08. The second-order valence-electron chi connectivity index (χ2n) is 7.60. The van der Waals surface area contributed by atoms with Gasteiger partial charge in [-0.25, -0.2) is 0 Å². The Morgan fingerprint density at radius 3 is 1.85 bits per heavy atom. The highest BCUT2D eigenvalue weighted by Crippen LogP contribution is 2.15. The van der Waals surface area contributed by atoms with Crippen molar-refractivity contribution in [2.75, 3.05) is 19.8 Å². The molecule has 0 N–H and O–H groups in total. The van der Waals surface area contributed by atoms with Crippen molar-refractivity contribution in [1.29, 1.82) is 0 Å². The van der Waals surface area contributed by atoms with Crippen LogP contribution in [0.4, 0.5) is 0 Å². The molecule has 0 atom stereocenters. The molecule has 3 heteroatoms. The van der Waals surface area contributed by atoms with Crippen molar-refractivity contribution in [3.05, 3.63) is 22.4 Å². The van der Waals surface area contributed by atoms with E-state index in [2.05, 4.69) is 31.4 Å². The van der Waals surface area contributed by atoms with E-state index in [1.165, 1.54) is 83.5 Å². The summed E-state index contributed by atoms with van der Waals surface area (Å²) in [6.45, 7) is 6.49. The SMILES string of the molecule is CC(C)OCCOCCCCCCCCCCCCCCc1cccs1. The summed E-state index contributed by atoms with van der Waals surface area (Å²) in [6, 6.07) is 4.43. The van der Waals surface area contributed by atoms with E-state index in [0.29, 0.717) is 6.10 Å². The van der Waals surface area contributed by atoms with E-state index in [4.69, 9.17) is 9.47 Å². The van der Waals surface area contributed by atoms with Crippen LogP contribution in [0.25, 0.3) is 0 Å². The third kappa shape index (κ3) is 15.8. The Morgan fingerprint density at radius 1 is 0.731 bits per heavy atom. The van der Waals surface area contributed by atoms with Crippen LogP contribution >= 0.6 is 11.3 Å². The molecular weight excluding hydrogens is 340 g/mol. The molecule has 0 amide bonds. The fourth-order valence-electron chi connectivity index (χ4n) is 3.17. The Balaban J connectivity index is 1.66. The second-order valence-corrected chi connectivity index (χ2v) is 8.64. The Bertz CT molecular complexity index is 376. The molecule has 1 rings (SSSR count). The smallest absolute Gasteiger partial charge is 0.0703 e. The summed E-state index contributed by atoms with van der Waals surface area (Å²) in [4.78, 5) is 1.55. The third-order valence-electron chi connectivity index (χ3n) is 4.72. The van der Waals surface area contributed by atoms with Crippen molar-refractivity contribution in [2.45, 2.75) is 103 Å². The molecule has 0 aliphatic heterocycles. The fraction of sp³-hybridized carbons (Fsp3) is 0.826. The molecule has 0 spiro atoms. The lowest BCUT2D eigenvalue weighted by atomic mass is 10.0. The maximum atomic E-state index is 5.58. The van der Waals surface area contributed by atoms with Crippen LogP contribution in [0, 0.1) is 0 Å². The minimum Gasteiger partial charge on any atom is -0.379 e. The van der Waals surface area contributed by atoms with Crippen molar-refractivity contribution in [2.24, 2.45) is 0 Å². The Hall–Kier alpha value is -0.380. The molecule has 0 saturated heterocycles. The summed E-state index contributed by atoms with van der Waals surface area (Å²) >= 11 is 1.90. The van der Waals surface area contributed by atoms with Crippen LogP contribution in [0.2, 0.25) is 0 Å². The van der Waals surface area contributed by atoms with Gasteiger partial charge in [0.1, 0.15) is 0 Å². The zero-order chi connectivity index (χ0) is 18.7. The molecule has 0 fully saturated rings. The molecule has 0 unspecified atom stereocenters. The van der Waals surface area contributed by atoms with E-state index in [1.54, 1.807) is 4.88 Å². The molecule has 0 bridgehead atoms. The van der Waals surface area contributed by atoms with Crippen LogP contribution in [0.15, 0.2) is 17.5 Å². The third-order valence-corrected chi connectivity index (χ3v) is 5.66. The number of thiophene rings is 1. The second kappa shape index (κ2) is 18.0. The van der Waals surface area contributed by atoms with Gasteiger partial charge in [0, 0.05) is 11.5 Å². The van der Waals surface area contributed by atoms with E-state index >= 15 is 0 Å². The van der Waals surface area contributed by atoms with E-state index in [9.17, 15) is 0 Å². The van der Waals surface area contributed by atoms with Crippen LogP contribution in [0.1, 0.15) is 95.8 Å². The van der Waals surface area contributed by atoms with Gasteiger partial charge >= 0.3 is 0 Å². The fourth-order valence-corrected chi connectivity index (χ4v) is 3.92. The van der Waals surface area contributed by atoms with Crippen LogP contribution in [-0.4, -0.2) is 25.9 Å². The van der Waals surface area contributed by atoms with Crippen LogP contribution in [-0.2, 0) is 15.9 Å². The number of aryl methyl sites for hydroxylation is 1. The summed E-state index contributed by atoms with van der Waals surface area (Å²) in [5.74, 6) is 0. The molecule has 0 radical (unpaired) electrons. The highest BCUT2D eigenvalue weighted by atomic mass is 32.1. The van der Waals surface area contributed by atoms with Gasteiger partial charge in [0.2, 0.25) is 0 Å². The van der Waals surface area contributed by atoms with E-state index in [-0.39, 0.29) is 0 Å². The van der Waals surface area contributed by atoms with Gasteiger partial charge in [-0.05, 0) is 44.6 Å². The van der Waals surface area contributed by atoms with E-state index in [1.807, 2.05) is 11.3 Å². The van der Waals surface area contributed by atoms with Crippen molar-refractivity contribution in [1.82, 2.24) is 0 Å². The minimum atomic E-state index is 0.315. The first-order valence-corrected chi connectivity index (χ1v) is 11.9. The maximum Gasteiger partial charge on any atom is 0.0703 e. The maximum absolute atomic E-state index is 5.58.